The molecule has 0 saturated carbocycles. The van der Waals surface area contributed by atoms with Crippen molar-refractivity contribution < 1.29 is 24.2 Å². The number of nitrogens with zero attached hydrogens (tertiary/aromatic N) is 1. The highest BCUT2D eigenvalue weighted by atomic mass is 16.5. The molecule has 1 heterocycles. The lowest BCUT2D eigenvalue weighted by molar-refractivity contribution is -0.156. The molecular weight excluding hydrogens is 432 g/mol. The Morgan fingerprint density at radius 2 is 1.65 bits per heavy atom. The first-order valence-corrected chi connectivity index (χ1v) is 12.0. The number of carbonyl (C=O) groups excluding carboxylic acids is 2. The molecule has 0 aromatic heterocycles. The molecule has 7 nitrogen and oxygen atoms in total. The van der Waals surface area contributed by atoms with E-state index in [-0.39, 0.29) is 30.3 Å². The van der Waals surface area contributed by atoms with Gasteiger partial charge in [0.1, 0.15) is 18.7 Å². The average molecular weight is 465 g/mol. The Morgan fingerprint density at radius 3 is 2.21 bits per heavy atom. The molecule has 0 radical (unpaired) electrons. The summed E-state index contributed by atoms with van der Waals surface area (Å²) in [6.45, 7) is 6.17. The van der Waals surface area contributed by atoms with Gasteiger partial charge in [-0.2, -0.15) is 0 Å². The summed E-state index contributed by atoms with van der Waals surface area (Å²) in [7, 11) is 0. The number of ether oxygens (including phenoxy) is 1. The largest absolute Gasteiger partial charge is 0.480 e. The Kier molecular flexibility index (Phi) is 6.91. The van der Waals surface area contributed by atoms with Crippen molar-refractivity contribution in [3.8, 4) is 11.1 Å². The summed E-state index contributed by atoms with van der Waals surface area (Å²) >= 11 is 0. The molecule has 4 atom stereocenters. The van der Waals surface area contributed by atoms with E-state index in [9.17, 15) is 19.5 Å². The van der Waals surface area contributed by atoms with Crippen LogP contribution < -0.4 is 5.32 Å². The van der Waals surface area contributed by atoms with Crippen LogP contribution in [0.4, 0.5) is 4.79 Å². The van der Waals surface area contributed by atoms with Crippen molar-refractivity contribution in [3.63, 3.8) is 0 Å². The van der Waals surface area contributed by atoms with E-state index in [1.807, 2.05) is 50.2 Å². The third-order valence-electron chi connectivity index (χ3n) is 7.04. The highest BCUT2D eigenvalue weighted by Gasteiger charge is 2.41. The summed E-state index contributed by atoms with van der Waals surface area (Å²) in [5.74, 6) is -1.42. The van der Waals surface area contributed by atoms with Crippen LogP contribution in [0.15, 0.2) is 48.5 Å². The number of rotatable bonds is 6. The Hall–Kier alpha value is -3.35. The van der Waals surface area contributed by atoms with Crippen molar-refractivity contribution in [2.75, 3.05) is 13.2 Å². The standard InChI is InChI=1S/C27H32N2O5/c1-4-23(25(30)29-14-16(2)13-17(3)24(29)26(31)32)28-27(33)34-15-22-20-11-7-5-9-18(20)19-10-6-8-12-21(19)22/h5-12,16-17,22-24H,4,13-15H2,1-3H3,(H,28,33)(H,31,32)/t16?,17?,23-,24?/m0/s1. The van der Waals surface area contributed by atoms with Crippen LogP contribution in [0.3, 0.4) is 0 Å². The first-order valence-electron chi connectivity index (χ1n) is 12.0. The van der Waals surface area contributed by atoms with Gasteiger partial charge in [-0.05, 0) is 46.9 Å². The molecule has 4 rings (SSSR count). The number of carboxylic acid groups (broad SMARTS) is 1. The first-order chi connectivity index (χ1) is 16.3. The zero-order chi connectivity index (χ0) is 24.4. The molecule has 180 valence electrons. The van der Waals surface area contributed by atoms with Crippen molar-refractivity contribution in [2.45, 2.75) is 51.6 Å². The van der Waals surface area contributed by atoms with E-state index in [4.69, 9.17) is 4.74 Å². The number of hydrogen-bond acceptors (Lipinski definition) is 4. The first kappa shape index (κ1) is 23.8. The van der Waals surface area contributed by atoms with E-state index in [0.717, 1.165) is 28.7 Å². The lowest BCUT2D eigenvalue weighted by Crippen LogP contribution is -2.59. The van der Waals surface area contributed by atoms with Gasteiger partial charge >= 0.3 is 12.1 Å². The predicted molar refractivity (Wildman–Crippen MR) is 128 cm³/mol. The van der Waals surface area contributed by atoms with E-state index < -0.39 is 24.1 Å². The molecule has 2 aromatic carbocycles. The number of aliphatic carboxylic acids is 1. The van der Waals surface area contributed by atoms with Gasteiger partial charge in [0.05, 0.1) is 0 Å². The maximum absolute atomic E-state index is 13.3. The normalized spacial score (nSPS) is 22.4. The zero-order valence-corrected chi connectivity index (χ0v) is 19.9. The van der Waals surface area contributed by atoms with Crippen LogP contribution in [0.25, 0.3) is 11.1 Å². The van der Waals surface area contributed by atoms with Crippen LogP contribution in [0, 0.1) is 11.8 Å². The smallest absolute Gasteiger partial charge is 0.407 e. The molecule has 0 bridgehead atoms. The molecule has 1 aliphatic carbocycles. The van der Waals surface area contributed by atoms with E-state index in [1.165, 1.54) is 4.90 Å². The number of nitrogens with one attached hydrogen (secondary N) is 1. The second kappa shape index (κ2) is 9.87. The van der Waals surface area contributed by atoms with Gasteiger partial charge in [-0.1, -0.05) is 69.3 Å². The summed E-state index contributed by atoms with van der Waals surface area (Å²) in [5, 5.41) is 12.4. The van der Waals surface area contributed by atoms with Crippen molar-refractivity contribution in [1.82, 2.24) is 10.2 Å². The lowest BCUT2D eigenvalue weighted by atomic mass is 9.84. The van der Waals surface area contributed by atoms with Crippen molar-refractivity contribution in [1.29, 1.82) is 0 Å². The number of benzene rings is 2. The predicted octanol–water partition coefficient (Wildman–Crippen LogP) is 4.26. The Morgan fingerprint density at radius 1 is 1.06 bits per heavy atom. The maximum Gasteiger partial charge on any atom is 0.407 e. The summed E-state index contributed by atoms with van der Waals surface area (Å²) in [4.78, 5) is 39.2. The Labute approximate surface area is 200 Å². The number of fused-ring (bicyclic) bond motifs is 3. The van der Waals surface area contributed by atoms with Gasteiger partial charge in [0, 0.05) is 12.5 Å². The minimum atomic E-state index is -1.01. The fourth-order valence-electron chi connectivity index (χ4n) is 5.52. The average Bonchev–Trinajstić information content (AvgIpc) is 3.13. The van der Waals surface area contributed by atoms with Crippen LogP contribution in [0.1, 0.15) is 50.7 Å². The number of alkyl carbamates (subject to hydrolysis) is 1. The van der Waals surface area contributed by atoms with Crippen LogP contribution in [0.2, 0.25) is 0 Å². The molecular formula is C27H32N2O5. The van der Waals surface area contributed by atoms with Crippen molar-refractivity contribution in [3.05, 3.63) is 59.7 Å². The topological polar surface area (TPSA) is 95.9 Å². The monoisotopic (exact) mass is 464 g/mol. The minimum absolute atomic E-state index is 0.0749. The van der Waals surface area contributed by atoms with E-state index in [2.05, 4.69) is 17.4 Å². The number of carboxylic acids is 1. The highest BCUT2D eigenvalue weighted by Crippen LogP contribution is 2.44. The fourth-order valence-corrected chi connectivity index (χ4v) is 5.52. The molecule has 1 fully saturated rings. The molecule has 0 spiro atoms. The SMILES string of the molecule is CC[C@H](NC(=O)OCC1c2ccccc2-c2ccccc21)C(=O)N1CC(C)CC(C)C1C(=O)O. The molecule has 7 heteroatoms. The van der Waals surface area contributed by atoms with Gasteiger partial charge in [-0.25, -0.2) is 9.59 Å². The second-order valence-electron chi connectivity index (χ2n) is 9.52. The minimum Gasteiger partial charge on any atom is -0.480 e. The summed E-state index contributed by atoms with van der Waals surface area (Å²) in [6, 6.07) is 14.4. The number of amides is 2. The zero-order valence-electron chi connectivity index (χ0n) is 19.9. The van der Waals surface area contributed by atoms with Gasteiger partial charge in [0.2, 0.25) is 5.91 Å². The molecule has 2 N–H and O–H groups in total. The van der Waals surface area contributed by atoms with E-state index in [0.29, 0.717) is 13.0 Å². The molecule has 2 amide bonds. The van der Waals surface area contributed by atoms with Gasteiger partial charge in [-0.3, -0.25) is 4.79 Å². The van der Waals surface area contributed by atoms with E-state index >= 15 is 0 Å². The van der Waals surface area contributed by atoms with Gasteiger partial charge in [0.15, 0.2) is 0 Å². The third kappa shape index (κ3) is 4.52. The van der Waals surface area contributed by atoms with Gasteiger partial charge in [-0.15, -0.1) is 0 Å². The molecule has 1 aliphatic heterocycles. The van der Waals surface area contributed by atoms with Crippen LogP contribution in [0.5, 0.6) is 0 Å². The van der Waals surface area contributed by atoms with Crippen molar-refractivity contribution in [2.24, 2.45) is 11.8 Å². The fraction of sp³-hybridized carbons (Fsp3) is 0.444. The maximum atomic E-state index is 13.3. The summed E-state index contributed by atoms with van der Waals surface area (Å²) in [5.41, 5.74) is 4.50. The number of hydrogen-bond donors (Lipinski definition) is 2. The third-order valence-corrected chi connectivity index (χ3v) is 7.04. The molecule has 3 unspecified atom stereocenters. The van der Waals surface area contributed by atoms with Gasteiger partial charge < -0.3 is 20.1 Å². The number of likely N-dealkylation sites (tertiary alicyclic amines) is 1. The Bertz CT molecular complexity index is 1040. The second-order valence-corrected chi connectivity index (χ2v) is 9.52. The number of piperidine rings is 1. The lowest BCUT2D eigenvalue weighted by Gasteiger charge is -2.41. The quantitative estimate of drug-likeness (QED) is 0.666. The molecule has 2 aromatic rings. The van der Waals surface area contributed by atoms with Crippen LogP contribution in [-0.2, 0) is 14.3 Å². The summed E-state index contributed by atoms with van der Waals surface area (Å²) in [6.07, 6.45) is 0.415. The molecule has 34 heavy (non-hydrogen) atoms. The molecule has 1 saturated heterocycles. The molecule has 2 aliphatic rings. The van der Waals surface area contributed by atoms with Gasteiger partial charge in [0.25, 0.3) is 0 Å². The number of carbonyl (C=O) groups is 3. The Balaban J connectivity index is 1.43. The van der Waals surface area contributed by atoms with Crippen molar-refractivity contribution >= 4 is 18.0 Å². The summed E-state index contributed by atoms with van der Waals surface area (Å²) < 4.78 is 5.59. The highest BCUT2D eigenvalue weighted by molar-refractivity contribution is 5.89. The van der Waals surface area contributed by atoms with Crippen LogP contribution >= 0.6 is 0 Å². The van der Waals surface area contributed by atoms with E-state index in [1.54, 1.807) is 6.92 Å². The van der Waals surface area contributed by atoms with Crippen LogP contribution in [-0.4, -0.2) is 53.2 Å².